The molecule has 116 valence electrons. The number of nitrogens with zero attached hydrogens (tertiary/aromatic N) is 2. The molecular weight excluding hydrogens is 274 g/mol. The highest BCUT2D eigenvalue weighted by atomic mass is 16.6. The molecule has 21 heavy (non-hydrogen) atoms. The van der Waals surface area contributed by atoms with Gasteiger partial charge in [-0.3, -0.25) is 10.1 Å². The normalized spacial score (nSPS) is 10.9. The Labute approximate surface area is 123 Å². The van der Waals surface area contributed by atoms with Gasteiger partial charge >= 0.3 is 5.97 Å². The van der Waals surface area contributed by atoms with Gasteiger partial charge in [0, 0.05) is 24.7 Å². The number of hydrogen-bond acceptors (Lipinski definition) is 5. The van der Waals surface area contributed by atoms with E-state index < -0.39 is 10.9 Å². The Kier molecular flexibility index (Phi) is 6.10. The molecule has 7 heteroatoms. The van der Waals surface area contributed by atoms with Crippen molar-refractivity contribution >= 4 is 17.3 Å². The number of hydrogen-bond donors (Lipinski definition) is 2. The first-order valence-electron chi connectivity index (χ1n) is 6.78. The molecule has 0 aliphatic heterocycles. The van der Waals surface area contributed by atoms with Crippen molar-refractivity contribution in [3.63, 3.8) is 0 Å². The van der Waals surface area contributed by atoms with Crippen molar-refractivity contribution in [1.29, 1.82) is 0 Å². The van der Waals surface area contributed by atoms with Crippen molar-refractivity contribution in [2.24, 2.45) is 0 Å². The number of benzene rings is 1. The fourth-order valence-electron chi connectivity index (χ4n) is 1.79. The lowest BCUT2D eigenvalue weighted by molar-refractivity contribution is -0.384. The van der Waals surface area contributed by atoms with Gasteiger partial charge in [-0.15, -0.1) is 0 Å². The van der Waals surface area contributed by atoms with E-state index in [0.29, 0.717) is 12.6 Å². The first-order valence-corrected chi connectivity index (χ1v) is 6.78. The lowest BCUT2D eigenvalue weighted by Gasteiger charge is -2.21. The summed E-state index contributed by atoms with van der Waals surface area (Å²) in [7, 11) is 2.01. The van der Waals surface area contributed by atoms with Crippen molar-refractivity contribution in [3.8, 4) is 0 Å². The quantitative estimate of drug-likeness (QED) is 0.434. The Morgan fingerprint density at radius 2 is 2.14 bits per heavy atom. The molecule has 2 N–H and O–H groups in total. The number of anilines is 1. The highest BCUT2D eigenvalue weighted by Crippen LogP contribution is 2.22. The van der Waals surface area contributed by atoms with Crippen LogP contribution >= 0.6 is 0 Å². The summed E-state index contributed by atoms with van der Waals surface area (Å²) in [6.45, 7) is 5.60. The Balaban J connectivity index is 2.70. The Morgan fingerprint density at radius 1 is 1.48 bits per heavy atom. The molecule has 0 radical (unpaired) electrons. The van der Waals surface area contributed by atoms with E-state index in [1.54, 1.807) is 0 Å². The van der Waals surface area contributed by atoms with E-state index in [1.165, 1.54) is 18.2 Å². The van der Waals surface area contributed by atoms with Crippen LogP contribution in [0.2, 0.25) is 0 Å². The molecule has 0 unspecified atom stereocenters. The molecular formula is C14H21N3O4. The third-order valence-corrected chi connectivity index (χ3v) is 3.33. The standard InChI is InChI=1S/C14H21N3O4/c1-10(2)16(3)8-4-7-15-13-9-11(17(20)21)5-6-12(13)14(18)19/h5-6,9-10,15H,4,7-8H2,1-3H3,(H,18,19). The molecule has 0 saturated heterocycles. The number of nitro benzene ring substituents is 1. The van der Waals surface area contributed by atoms with Gasteiger partial charge in [-0.2, -0.15) is 0 Å². The summed E-state index contributed by atoms with van der Waals surface area (Å²) in [4.78, 5) is 23.5. The van der Waals surface area contributed by atoms with Gasteiger partial charge in [0.25, 0.3) is 5.69 Å². The van der Waals surface area contributed by atoms with E-state index in [1.807, 2.05) is 7.05 Å². The lowest BCUT2D eigenvalue weighted by atomic mass is 10.1. The Hall–Kier alpha value is -2.15. The van der Waals surface area contributed by atoms with Gasteiger partial charge in [-0.25, -0.2) is 4.79 Å². The molecule has 0 atom stereocenters. The summed E-state index contributed by atoms with van der Waals surface area (Å²) in [5.74, 6) is -1.10. The van der Waals surface area contributed by atoms with Gasteiger partial charge in [-0.05, 0) is 39.9 Å². The minimum absolute atomic E-state index is 0.0396. The molecule has 0 aliphatic carbocycles. The maximum atomic E-state index is 11.1. The van der Waals surface area contributed by atoms with Crippen LogP contribution in [-0.2, 0) is 0 Å². The van der Waals surface area contributed by atoms with Crippen molar-refractivity contribution in [3.05, 3.63) is 33.9 Å². The van der Waals surface area contributed by atoms with Crippen molar-refractivity contribution in [1.82, 2.24) is 4.90 Å². The van der Waals surface area contributed by atoms with Gasteiger partial charge in [0.15, 0.2) is 0 Å². The summed E-state index contributed by atoms with van der Waals surface area (Å²) in [6.07, 6.45) is 0.816. The number of nitro groups is 1. The van der Waals surface area contributed by atoms with Crippen molar-refractivity contribution in [2.45, 2.75) is 26.3 Å². The minimum Gasteiger partial charge on any atom is -0.478 e. The van der Waals surface area contributed by atoms with Gasteiger partial charge in [0.2, 0.25) is 0 Å². The second kappa shape index (κ2) is 7.58. The maximum Gasteiger partial charge on any atom is 0.337 e. The highest BCUT2D eigenvalue weighted by Gasteiger charge is 2.15. The smallest absolute Gasteiger partial charge is 0.337 e. The van der Waals surface area contributed by atoms with Gasteiger partial charge in [0.1, 0.15) is 0 Å². The molecule has 0 saturated carbocycles. The molecule has 0 heterocycles. The average Bonchev–Trinajstić information content (AvgIpc) is 2.42. The molecule has 0 spiro atoms. The first-order chi connectivity index (χ1) is 9.82. The number of aromatic carboxylic acids is 1. The predicted octanol–water partition coefficient (Wildman–Crippen LogP) is 2.44. The second-order valence-corrected chi connectivity index (χ2v) is 5.15. The van der Waals surface area contributed by atoms with Crippen LogP contribution in [0.5, 0.6) is 0 Å². The van der Waals surface area contributed by atoms with Crippen LogP contribution in [0.4, 0.5) is 11.4 Å². The van der Waals surface area contributed by atoms with Gasteiger partial charge in [-0.1, -0.05) is 0 Å². The first kappa shape index (κ1) is 16.9. The zero-order valence-electron chi connectivity index (χ0n) is 12.5. The van der Waals surface area contributed by atoms with Crippen LogP contribution < -0.4 is 5.32 Å². The summed E-state index contributed by atoms with van der Waals surface area (Å²) in [5, 5.41) is 22.8. The van der Waals surface area contributed by atoms with Crippen LogP contribution in [0.1, 0.15) is 30.6 Å². The van der Waals surface area contributed by atoms with Crippen molar-refractivity contribution < 1.29 is 14.8 Å². The number of carbonyl (C=O) groups is 1. The third kappa shape index (κ3) is 5.03. The summed E-state index contributed by atoms with van der Waals surface area (Å²) < 4.78 is 0. The molecule has 0 amide bonds. The number of nitrogens with one attached hydrogen (secondary N) is 1. The molecule has 7 nitrogen and oxygen atoms in total. The molecule has 1 rings (SSSR count). The predicted molar refractivity (Wildman–Crippen MR) is 80.9 cm³/mol. The van der Waals surface area contributed by atoms with Crippen LogP contribution in [0.15, 0.2) is 18.2 Å². The van der Waals surface area contributed by atoms with Crippen molar-refractivity contribution in [2.75, 3.05) is 25.5 Å². The summed E-state index contributed by atoms with van der Waals surface area (Å²) >= 11 is 0. The largest absolute Gasteiger partial charge is 0.478 e. The zero-order valence-corrected chi connectivity index (χ0v) is 12.5. The molecule has 0 aliphatic rings. The van der Waals surface area contributed by atoms with Crippen LogP contribution in [0.3, 0.4) is 0 Å². The zero-order chi connectivity index (χ0) is 16.0. The van der Waals surface area contributed by atoms with Crippen LogP contribution in [0, 0.1) is 10.1 Å². The number of rotatable bonds is 8. The molecule has 0 fully saturated rings. The van der Waals surface area contributed by atoms with E-state index in [9.17, 15) is 14.9 Å². The van der Waals surface area contributed by atoms with Gasteiger partial charge < -0.3 is 15.3 Å². The van der Waals surface area contributed by atoms with E-state index >= 15 is 0 Å². The fourth-order valence-corrected chi connectivity index (χ4v) is 1.79. The molecule has 1 aromatic carbocycles. The molecule has 0 aromatic heterocycles. The SMILES string of the molecule is CC(C)N(C)CCCNc1cc([N+](=O)[O-])ccc1C(=O)O. The highest BCUT2D eigenvalue weighted by molar-refractivity contribution is 5.94. The fraction of sp³-hybridized carbons (Fsp3) is 0.500. The Morgan fingerprint density at radius 3 is 2.67 bits per heavy atom. The van der Waals surface area contributed by atoms with E-state index in [-0.39, 0.29) is 16.9 Å². The Bertz CT molecular complexity index is 517. The number of non-ortho nitro benzene ring substituents is 1. The lowest BCUT2D eigenvalue weighted by Crippen LogP contribution is -2.28. The third-order valence-electron chi connectivity index (χ3n) is 3.33. The van der Waals surface area contributed by atoms with E-state index in [0.717, 1.165) is 13.0 Å². The van der Waals surface area contributed by atoms with E-state index in [4.69, 9.17) is 5.11 Å². The topological polar surface area (TPSA) is 95.7 Å². The maximum absolute atomic E-state index is 11.1. The van der Waals surface area contributed by atoms with E-state index in [2.05, 4.69) is 24.1 Å². The van der Waals surface area contributed by atoms with Crippen LogP contribution in [-0.4, -0.2) is 47.1 Å². The van der Waals surface area contributed by atoms with Crippen LogP contribution in [0.25, 0.3) is 0 Å². The number of carboxylic acid groups (broad SMARTS) is 1. The molecule has 1 aromatic rings. The molecule has 0 bridgehead atoms. The summed E-state index contributed by atoms with van der Waals surface area (Å²) in [5.41, 5.74) is 0.198. The minimum atomic E-state index is -1.10. The summed E-state index contributed by atoms with van der Waals surface area (Å²) in [6, 6.07) is 4.15. The monoisotopic (exact) mass is 295 g/mol. The number of carboxylic acids is 1. The van der Waals surface area contributed by atoms with Gasteiger partial charge in [0.05, 0.1) is 16.2 Å². The second-order valence-electron chi connectivity index (χ2n) is 5.15. The average molecular weight is 295 g/mol.